The predicted octanol–water partition coefficient (Wildman–Crippen LogP) is 5.14. The van der Waals surface area contributed by atoms with Gasteiger partial charge in [-0.1, -0.05) is 11.6 Å². The zero-order valence-electron chi connectivity index (χ0n) is 16.4. The average Bonchev–Trinajstić information content (AvgIpc) is 3.29. The highest BCUT2D eigenvalue weighted by atomic mass is 35.5. The number of rotatable bonds is 3. The smallest absolute Gasteiger partial charge is 0.290 e. The first-order valence-electron chi connectivity index (χ1n) is 9.12. The maximum atomic E-state index is 14.5. The maximum absolute atomic E-state index is 14.5. The van der Waals surface area contributed by atoms with E-state index in [1.165, 1.54) is 16.8 Å². The van der Waals surface area contributed by atoms with Crippen molar-refractivity contribution >= 4 is 28.8 Å². The number of fused-ring (bicyclic) bond motifs is 1. The number of benzene rings is 1. The van der Waals surface area contributed by atoms with E-state index in [1.807, 2.05) is 0 Å². The molecule has 0 radical (unpaired) electrons. The lowest BCUT2D eigenvalue weighted by Gasteiger charge is -2.20. The fourth-order valence-corrected chi connectivity index (χ4v) is 3.33. The molecular weight excluding hydrogens is 412 g/mol. The maximum Gasteiger partial charge on any atom is 0.290 e. The zero-order valence-corrected chi connectivity index (χ0v) is 17.2. The quantitative estimate of drug-likeness (QED) is 0.490. The Labute approximate surface area is 176 Å². The molecule has 1 amide bonds. The molecular formula is C21H18ClF2N5O. The van der Waals surface area contributed by atoms with Gasteiger partial charge in [0.1, 0.15) is 17.2 Å². The number of amides is 1. The van der Waals surface area contributed by atoms with Gasteiger partial charge in [-0.2, -0.15) is 9.37 Å². The summed E-state index contributed by atoms with van der Waals surface area (Å²) in [5.41, 5.74) is 1.15. The Hall–Kier alpha value is -3.26. The molecule has 0 saturated heterocycles. The number of imidazole rings is 2. The Bertz CT molecular complexity index is 1270. The summed E-state index contributed by atoms with van der Waals surface area (Å²) >= 11 is 6.25. The van der Waals surface area contributed by atoms with Gasteiger partial charge in [0.05, 0.1) is 10.7 Å². The molecule has 154 valence electrons. The number of anilines is 1. The van der Waals surface area contributed by atoms with Gasteiger partial charge in [-0.25, -0.2) is 9.37 Å². The Morgan fingerprint density at radius 2 is 1.93 bits per heavy atom. The second-order valence-corrected chi connectivity index (χ2v) is 8.22. The van der Waals surface area contributed by atoms with E-state index in [0.717, 1.165) is 11.7 Å². The topological polar surface area (TPSA) is 64.2 Å². The van der Waals surface area contributed by atoms with Gasteiger partial charge in [0.25, 0.3) is 12.0 Å². The van der Waals surface area contributed by atoms with Crippen LogP contribution < -0.4 is 5.32 Å². The SMILES string of the molecule is CC(C)(C)n1cc(C(=O)Nc2cc(-c3ccc4nccn4c3)c(Cl)cc2F)nc1F. The molecule has 4 rings (SSSR count). The summed E-state index contributed by atoms with van der Waals surface area (Å²) in [6, 6.07) is 6.16. The number of halogens is 3. The molecule has 0 spiro atoms. The van der Waals surface area contributed by atoms with Gasteiger partial charge >= 0.3 is 0 Å². The van der Waals surface area contributed by atoms with Crippen molar-refractivity contribution in [2.45, 2.75) is 26.3 Å². The summed E-state index contributed by atoms with van der Waals surface area (Å²) in [6.07, 6.45) is 5.74. The number of hydrogen-bond acceptors (Lipinski definition) is 3. The molecule has 0 saturated carbocycles. The third kappa shape index (κ3) is 3.66. The fraction of sp³-hybridized carbons (Fsp3) is 0.190. The molecule has 0 bridgehead atoms. The molecule has 6 nitrogen and oxygen atoms in total. The molecule has 0 aliphatic heterocycles. The van der Waals surface area contributed by atoms with E-state index in [9.17, 15) is 13.6 Å². The molecule has 4 aromatic rings. The van der Waals surface area contributed by atoms with Crippen LogP contribution in [-0.2, 0) is 5.54 Å². The largest absolute Gasteiger partial charge is 0.318 e. The third-order valence-corrected chi connectivity index (χ3v) is 4.94. The predicted molar refractivity (Wildman–Crippen MR) is 111 cm³/mol. The molecule has 9 heteroatoms. The number of nitrogens with zero attached hydrogens (tertiary/aromatic N) is 4. The Morgan fingerprint density at radius 1 is 1.17 bits per heavy atom. The first kappa shape index (κ1) is 20.0. The van der Waals surface area contributed by atoms with Gasteiger partial charge in [-0.3, -0.25) is 4.79 Å². The summed E-state index contributed by atoms with van der Waals surface area (Å²) in [5.74, 6) is -1.44. The van der Waals surface area contributed by atoms with Crippen LogP contribution in [0.15, 0.2) is 49.1 Å². The molecule has 30 heavy (non-hydrogen) atoms. The monoisotopic (exact) mass is 429 g/mol. The molecule has 0 aliphatic carbocycles. The van der Waals surface area contributed by atoms with Crippen LogP contribution in [0.5, 0.6) is 0 Å². The minimum Gasteiger partial charge on any atom is -0.318 e. The normalized spacial score (nSPS) is 11.8. The molecule has 3 heterocycles. The first-order valence-corrected chi connectivity index (χ1v) is 9.50. The van der Waals surface area contributed by atoms with Crippen LogP contribution in [0.4, 0.5) is 14.5 Å². The Morgan fingerprint density at radius 3 is 2.63 bits per heavy atom. The van der Waals surface area contributed by atoms with E-state index in [0.29, 0.717) is 11.1 Å². The molecule has 1 aromatic carbocycles. The summed E-state index contributed by atoms with van der Waals surface area (Å²) in [6.45, 7) is 5.34. The van der Waals surface area contributed by atoms with Crippen molar-refractivity contribution in [2.24, 2.45) is 0 Å². The summed E-state index contributed by atoms with van der Waals surface area (Å²) < 4.78 is 31.6. The third-order valence-electron chi connectivity index (χ3n) is 4.62. The van der Waals surface area contributed by atoms with E-state index in [-0.39, 0.29) is 16.4 Å². The molecule has 0 aliphatic rings. The van der Waals surface area contributed by atoms with Crippen molar-refractivity contribution in [1.82, 2.24) is 18.9 Å². The van der Waals surface area contributed by atoms with Crippen LogP contribution >= 0.6 is 11.6 Å². The van der Waals surface area contributed by atoms with Crippen molar-refractivity contribution in [3.8, 4) is 11.1 Å². The van der Waals surface area contributed by atoms with Gasteiger partial charge in [0.15, 0.2) is 0 Å². The van der Waals surface area contributed by atoms with E-state index >= 15 is 0 Å². The zero-order chi connectivity index (χ0) is 21.6. The lowest BCUT2D eigenvalue weighted by atomic mass is 10.1. The minimum atomic E-state index is -0.793. The Kier molecular flexibility index (Phi) is 4.82. The second-order valence-electron chi connectivity index (χ2n) is 7.81. The highest BCUT2D eigenvalue weighted by Crippen LogP contribution is 2.33. The lowest BCUT2D eigenvalue weighted by Crippen LogP contribution is -2.22. The van der Waals surface area contributed by atoms with Crippen LogP contribution in [0.1, 0.15) is 31.3 Å². The average molecular weight is 430 g/mol. The first-order chi connectivity index (χ1) is 14.1. The van der Waals surface area contributed by atoms with E-state index in [4.69, 9.17) is 11.6 Å². The van der Waals surface area contributed by atoms with Crippen molar-refractivity contribution in [2.75, 3.05) is 5.32 Å². The molecule has 0 unspecified atom stereocenters. The standard InChI is InChI=1S/C21H18ClF2N5O/c1-21(2,3)29-11-17(27-20(29)24)19(30)26-16-8-13(14(22)9-15(16)23)12-4-5-18-25-6-7-28(18)10-12/h4-11H,1-3H3,(H,26,30). The van der Waals surface area contributed by atoms with Gasteiger partial charge in [0, 0.05) is 41.5 Å². The number of pyridine rings is 1. The molecule has 1 N–H and O–H groups in total. The second kappa shape index (κ2) is 7.21. The highest BCUT2D eigenvalue weighted by molar-refractivity contribution is 6.33. The summed E-state index contributed by atoms with van der Waals surface area (Å²) in [4.78, 5) is 20.4. The minimum absolute atomic E-state index is 0.0872. The van der Waals surface area contributed by atoms with Crippen LogP contribution in [-0.4, -0.2) is 24.8 Å². The van der Waals surface area contributed by atoms with Gasteiger partial charge in [-0.15, -0.1) is 0 Å². The van der Waals surface area contributed by atoms with Crippen molar-refractivity contribution in [3.63, 3.8) is 0 Å². The number of nitrogens with one attached hydrogen (secondary N) is 1. The van der Waals surface area contributed by atoms with Gasteiger partial charge in [-0.05, 0) is 45.0 Å². The van der Waals surface area contributed by atoms with Crippen molar-refractivity contribution in [1.29, 1.82) is 0 Å². The summed E-state index contributed by atoms with van der Waals surface area (Å²) in [5, 5.41) is 2.64. The summed E-state index contributed by atoms with van der Waals surface area (Å²) in [7, 11) is 0. The molecule has 0 fully saturated rings. The van der Waals surface area contributed by atoms with E-state index in [2.05, 4.69) is 15.3 Å². The van der Waals surface area contributed by atoms with E-state index in [1.54, 1.807) is 55.9 Å². The van der Waals surface area contributed by atoms with Gasteiger partial charge in [0.2, 0.25) is 0 Å². The number of carbonyl (C=O) groups excluding carboxylic acids is 1. The van der Waals surface area contributed by atoms with Crippen LogP contribution in [0.2, 0.25) is 5.02 Å². The highest BCUT2D eigenvalue weighted by Gasteiger charge is 2.23. The van der Waals surface area contributed by atoms with Crippen LogP contribution in [0, 0.1) is 11.9 Å². The molecule has 0 atom stereocenters. The van der Waals surface area contributed by atoms with Crippen LogP contribution in [0.3, 0.4) is 0 Å². The van der Waals surface area contributed by atoms with Gasteiger partial charge < -0.3 is 14.3 Å². The van der Waals surface area contributed by atoms with Crippen molar-refractivity contribution < 1.29 is 13.6 Å². The lowest BCUT2D eigenvalue weighted by molar-refractivity contribution is 0.102. The number of carbonyl (C=O) groups is 1. The number of hydrogen-bond donors (Lipinski definition) is 1. The number of aromatic nitrogens is 4. The van der Waals surface area contributed by atoms with E-state index < -0.39 is 23.3 Å². The Balaban J connectivity index is 1.68. The molecule has 3 aromatic heterocycles. The van der Waals surface area contributed by atoms with Crippen molar-refractivity contribution in [3.05, 3.63) is 71.7 Å². The van der Waals surface area contributed by atoms with Crippen LogP contribution in [0.25, 0.3) is 16.8 Å². The fourth-order valence-electron chi connectivity index (χ4n) is 3.07.